The van der Waals surface area contributed by atoms with E-state index >= 15 is 0 Å². The van der Waals surface area contributed by atoms with E-state index in [-0.39, 0.29) is 10.6 Å². The molecule has 1 N–H and O–H groups in total. The Hall–Kier alpha value is -2.52. The molecule has 0 amide bonds. The molecule has 0 bridgehead atoms. The van der Waals surface area contributed by atoms with Crippen molar-refractivity contribution >= 4 is 41.3 Å². The van der Waals surface area contributed by atoms with Gasteiger partial charge >= 0.3 is 15.5 Å². The maximum atomic E-state index is 13.6. The molecule has 1 atom stereocenters. The third-order valence-corrected chi connectivity index (χ3v) is 10.2. The van der Waals surface area contributed by atoms with Gasteiger partial charge in [0.05, 0.1) is 19.6 Å². The molecule has 0 unspecified atom stereocenters. The summed E-state index contributed by atoms with van der Waals surface area (Å²) in [6, 6.07) is 9.68. The molecule has 3 aromatic carbocycles. The molecule has 3 aromatic rings. The molecule has 15 heteroatoms. The molecule has 0 heterocycles. The van der Waals surface area contributed by atoms with Crippen LogP contribution in [0.15, 0.2) is 86.3 Å². The first kappa shape index (κ1) is 28.1. The van der Waals surface area contributed by atoms with Crippen molar-refractivity contribution in [3.63, 3.8) is 0 Å². The SMILES string of the molecule is C[C@H](NS(=O)(=O)C(F)(F)F)c1ccc(S(=O)(=O)c2ccc(Cl)cc2S(=O)(=O)c2cccc(F)c2)cc1. The van der Waals surface area contributed by atoms with Gasteiger partial charge in [-0.1, -0.05) is 29.8 Å². The van der Waals surface area contributed by atoms with E-state index in [4.69, 9.17) is 11.6 Å². The van der Waals surface area contributed by atoms with E-state index in [0.717, 1.165) is 67.6 Å². The van der Waals surface area contributed by atoms with Crippen LogP contribution in [0, 0.1) is 5.82 Å². The van der Waals surface area contributed by atoms with Crippen LogP contribution >= 0.6 is 11.6 Å². The Morgan fingerprint density at radius 1 is 0.778 bits per heavy atom. The van der Waals surface area contributed by atoms with Crippen molar-refractivity contribution in [3.05, 3.63) is 83.1 Å². The van der Waals surface area contributed by atoms with Gasteiger partial charge in [-0.05, 0) is 61.0 Å². The molecule has 194 valence electrons. The highest BCUT2D eigenvalue weighted by molar-refractivity contribution is 7.94. The summed E-state index contributed by atoms with van der Waals surface area (Å²) >= 11 is 5.91. The number of nitrogens with one attached hydrogen (secondary N) is 1. The number of sulfonamides is 1. The zero-order valence-corrected chi connectivity index (χ0v) is 21.2. The van der Waals surface area contributed by atoms with Crippen LogP contribution in [0.2, 0.25) is 5.02 Å². The number of hydrogen-bond donors (Lipinski definition) is 1. The second-order valence-electron chi connectivity index (χ2n) is 7.41. The van der Waals surface area contributed by atoms with Crippen LogP contribution < -0.4 is 4.72 Å². The van der Waals surface area contributed by atoms with Crippen molar-refractivity contribution in [3.8, 4) is 0 Å². The smallest absolute Gasteiger partial charge is 0.218 e. The molecule has 0 aliphatic heterocycles. The zero-order chi connectivity index (χ0) is 27.1. The largest absolute Gasteiger partial charge is 0.511 e. The highest BCUT2D eigenvalue weighted by atomic mass is 35.5. The molecule has 0 saturated heterocycles. The van der Waals surface area contributed by atoms with Crippen molar-refractivity contribution < 1.29 is 42.8 Å². The minimum absolute atomic E-state index is 0.00508. The molecule has 7 nitrogen and oxygen atoms in total. The normalized spacial score (nSPS) is 13.9. The average molecular weight is 586 g/mol. The van der Waals surface area contributed by atoms with Crippen LogP contribution in [0.4, 0.5) is 17.6 Å². The maximum Gasteiger partial charge on any atom is 0.511 e. The molecule has 0 aliphatic carbocycles. The Kier molecular flexibility index (Phi) is 7.59. The fourth-order valence-electron chi connectivity index (χ4n) is 3.11. The minimum atomic E-state index is -5.66. The molecule has 0 fully saturated rings. The van der Waals surface area contributed by atoms with Gasteiger partial charge in [0.1, 0.15) is 5.82 Å². The maximum absolute atomic E-state index is 13.6. The molecule has 0 radical (unpaired) electrons. The van der Waals surface area contributed by atoms with Crippen LogP contribution in [-0.4, -0.2) is 30.8 Å². The van der Waals surface area contributed by atoms with Gasteiger partial charge in [0.15, 0.2) is 0 Å². The van der Waals surface area contributed by atoms with E-state index in [9.17, 15) is 42.8 Å². The summed E-state index contributed by atoms with van der Waals surface area (Å²) in [5.74, 6) is -0.867. The van der Waals surface area contributed by atoms with Gasteiger partial charge in [-0.3, -0.25) is 0 Å². The number of rotatable bonds is 7. The lowest BCUT2D eigenvalue weighted by molar-refractivity contribution is -0.0450. The standard InChI is InChI=1S/C21H16ClF4NO6S3/c1-13(27-36(32,33)21(24,25)26)14-5-8-17(9-6-14)34(28,29)19-10-7-15(22)11-20(19)35(30,31)18-4-2-3-16(23)12-18/h2-13,27H,1H3/t13-/m0/s1. The summed E-state index contributed by atoms with van der Waals surface area (Å²) in [7, 11) is -14.7. The minimum Gasteiger partial charge on any atom is -0.218 e. The number of benzene rings is 3. The van der Waals surface area contributed by atoms with Gasteiger partial charge < -0.3 is 0 Å². The summed E-state index contributed by atoms with van der Waals surface area (Å²) in [4.78, 5) is -2.33. The van der Waals surface area contributed by atoms with E-state index in [1.807, 2.05) is 0 Å². The van der Waals surface area contributed by atoms with E-state index in [0.29, 0.717) is 6.07 Å². The fraction of sp³-hybridized carbons (Fsp3) is 0.143. The first-order valence-corrected chi connectivity index (χ1v) is 14.5. The van der Waals surface area contributed by atoms with Crippen LogP contribution in [-0.2, 0) is 29.7 Å². The van der Waals surface area contributed by atoms with E-state index < -0.39 is 66.6 Å². The fourth-order valence-corrected chi connectivity index (χ4v) is 7.45. The molecular weight excluding hydrogens is 570 g/mol. The Morgan fingerprint density at radius 2 is 1.36 bits per heavy atom. The predicted molar refractivity (Wildman–Crippen MR) is 122 cm³/mol. The Labute approximate surface area is 209 Å². The first-order valence-electron chi connectivity index (χ1n) is 9.71. The lowest BCUT2D eigenvalue weighted by atomic mass is 10.1. The lowest BCUT2D eigenvalue weighted by Gasteiger charge is -2.17. The quantitative estimate of drug-likeness (QED) is 0.404. The van der Waals surface area contributed by atoms with Gasteiger partial charge in [-0.2, -0.15) is 13.2 Å². The highest BCUT2D eigenvalue weighted by Gasteiger charge is 2.46. The predicted octanol–water partition coefficient (Wildman–Crippen LogP) is 4.64. The molecule has 36 heavy (non-hydrogen) atoms. The highest BCUT2D eigenvalue weighted by Crippen LogP contribution is 2.34. The summed E-state index contributed by atoms with van der Waals surface area (Å²) in [6.45, 7) is 1.12. The van der Waals surface area contributed by atoms with Gasteiger partial charge in [0.25, 0.3) is 0 Å². The van der Waals surface area contributed by atoms with Crippen molar-refractivity contribution in [2.75, 3.05) is 0 Å². The van der Waals surface area contributed by atoms with Crippen molar-refractivity contribution in [2.24, 2.45) is 0 Å². The number of hydrogen-bond acceptors (Lipinski definition) is 6. The summed E-state index contributed by atoms with van der Waals surface area (Å²) in [6.07, 6.45) is 0. The Morgan fingerprint density at radius 3 is 1.92 bits per heavy atom. The molecule has 0 aromatic heterocycles. The molecule has 0 saturated carbocycles. The van der Waals surface area contributed by atoms with Crippen molar-refractivity contribution in [1.82, 2.24) is 4.72 Å². The molecule has 0 spiro atoms. The van der Waals surface area contributed by atoms with Gasteiger partial charge in [-0.25, -0.2) is 34.4 Å². The van der Waals surface area contributed by atoms with E-state index in [2.05, 4.69) is 0 Å². The number of halogens is 5. The Bertz CT molecular complexity index is 1620. The summed E-state index contributed by atoms with van der Waals surface area (Å²) < 4.78 is 128. The summed E-state index contributed by atoms with van der Waals surface area (Å²) in [5, 5.41) is -0.106. The van der Waals surface area contributed by atoms with E-state index in [1.165, 1.54) is 4.72 Å². The van der Waals surface area contributed by atoms with Crippen LogP contribution in [0.5, 0.6) is 0 Å². The first-order chi connectivity index (χ1) is 16.5. The molecule has 3 rings (SSSR count). The third kappa shape index (κ3) is 5.57. The van der Waals surface area contributed by atoms with Crippen LogP contribution in [0.3, 0.4) is 0 Å². The number of sulfone groups is 2. The summed E-state index contributed by atoms with van der Waals surface area (Å²) in [5.41, 5.74) is -5.53. The van der Waals surface area contributed by atoms with Crippen molar-refractivity contribution in [1.29, 1.82) is 0 Å². The monoisotopic (exact) mass is 585 g/mol. The Balaban J connectivity index is 2.04. The van der Waals surface area contributed by atoms with Crippen molar-refractivity contribution in [2.45, 2.75) is 38.1 Å². The molecule has 0 aliphatic rings. The van der Waals surface area contributed by atoms with E-state index in [1.54, 1.807) is 0 Å². The second-order valence-corrected chi connectivity index (χ2v) is 13.4. The second kappa shape index (κ2) is 9.74. The average Bonchev–Trinajstić information content (AvgIpc) is 2.78. The lowest BCUT2D eigenvalue weighted by Crippen LogP contribution is -2.37. The van der Waals surface area contributed by atoms with Crippen LogP contribution in [0.1, 0.15) is 18.5 Å². The van der Waals surface area contributed by atoms with Gasteiger partial charge in [0.2, 0.25) is 19.7 Å². The van der Waals surface area contributed by atoms with Gasteiger partial charge in [0, 0.05) is 11.1 Å². The topological polar surface area (TPSA) is 114 Å². The number of alkyl halides is 3. The third-order valence-electron chi connectivity index (χ3n) is 4.92. The van der Waals surface area contributed by atoms with Gasteiger partial charge in [-0.15, -0.1) is 0 Å². The molecular formula is C21H16ClF4NO6S3. The van der Waals surface area contributed by atoms with Crippen LogP contribution in [0.25, 0.3) is 0 Å². The zero-order valence-electron chi connectivity index (χ0n) is 18.0.